The molecule has 2 N–H and O–H groups in total. The van der Waals surface area contributed by atoms with E-state index in [1.165, 1.54) is 0 Å². The van der Waals surface area contributed by atoms with Crippen molar-refractivity contribution >= 4 is 35.1 Å². The number of hydrogen-bond donors (Lipinski definition) is 2. The molecule has 0 fully saturated rings. The second kappa shape index (κ2) is 16.5. The summed E-state index contributed by atoms with van der Waals surface area (Å²) in [5, 5.41) is 16.3. The molecular formula is C16H20CoO8. The zero-order valence-corrected chi connectivity index (χ0v) is 14.5. The van der Waals surface area contributed by atoms with Gasteiger partial charge in [-0.2, -0.15) is 0 Å². The Morgan fingerprint density at radius 2 is 0.960 bits per heavy atom. The van der Waals surface area contributed by atoms with Crippen molar-refractivity contribution in [3.63, 3.8) is 0 Å². The van der Waals surface area contributed by atoms with Crippen LogP contribution in [0, 0.1) is 0 Å². The second-order valence-electron chi connectivity index (χ2n) is 4.54. The Morgan fingerprint density at radius 3 is 1.16 bits per heavy atom. The van der Waals surface area contributed by atoms with E-state index in [1.54, 1.807) is 12.2 Å². The standard InChI is InChI=1S/2C8H10O4.Co/c2*1-2-3-4-6(9)5-7(10)8(11)12;/h2*2H,1,3-5H2,(H,11,12);. The summed E-state index contributed by atoms with van der Waals surface area (Å²) in [5.41, 5.74) is 0. The first-order valence-electron chi connectivity index (χ1n) is 6.93. The van der Waals surface area contributed by atoms with Crippen LogP contribution in [-0.2, 0) is 45.5 Å². The molecule has 0 heterocycles. The van der Waals surface area contributed by atoms with Gasteiger partial charge in [0.05, 0.1) is 12.8 Å². The summed E-state index contributed by atoms with van der Waals surface area (Å²) in [5.74, 6) is -5.93. The minimum atomic E-state index is -1.55. The Labute approximate surface area is 155 Å². The van der Waals surface area contributed by atoms with Crippen LogP contribution in [0.4, 0.5) is 0 Å². The number of carboxylic acid groups (broad SMARTS) is 2. The van der Waals surface area contributed by atoms with Gasteiger partial charge in [-0.15, -0.1) is 13.2 Å². The molecule has 0 amide bonds. The van der Waals surface area contributed by atoms with E-state index in [-0.39, 0.29) is 41.2 Å². The van der Waals surface area contributed by atoms with Gasteiger partial charge in [-0.25, -0.2) is 9.59 Å². The average molecular weight is 399 g/mol. The predicted octanol–water partition coefficient (Wildman–Crippen LogP) is 1.13. The summed E-state index contributed by atoms with van der Waals surface area (Å²) in [6.07, 6.45) is 3.39. The first kappa shape index (κ1) is 27.5. The van der Waals surface area contributed by atoms with E-state index in [1.807, 2.05) is 0 Å². The van der Waals surface area contributed by atoms with E-state index in [0.29, 0.717) is 12.8 Å². The molecule has 1 radical (unpaired) electrons. The molecule has 0 spiro atoms. The van der Waals surface area contributed by atoms with Gasteiger partial charge in [0.2, 0.25) is 11.6 Å². The molecule has 141 valence electrons. The molecular weight excluding hydrogens is 379 g/mol. The Kier molecular flexibility index (Phi) is 18.1. The normalized spacial score (nSPS) is 8.64. The average Bonchev–Trinajstić information content (AvgIpc) is 2.51. The smallest absolute Gasteiger partial charge is 0.372 e. The predicted molar refractivity (Wildman–Crippen MR) is 83.4 cm³/mol. The molecule has 0 aromatic heterocycles. The second-order valence-corrected chi connectivity index (χ2v) is 4.54. The molecule has 0 atom stereocenters. The monoisotopic (exact) mass is 399 g/mol. The Balaban J connectivity index is -0.000000372. The van der Waals surface area contributed by atoms with Gasteiger partial charge in [0.1, 0.15) is 11.6 Å². The summed E-state index contributed by atoms with van der Waals surface area (Å²) in [4.78, 5) is 62.5. The van der Waals surface area contributed by atoms with Gasteiger partial charge >= 0.3 is 11.9 Å². The third-order valence-corrected chi connectivity index (χ3v) is 2.45. The van der Waals surface area contributed by atoms with Gasteiger partial charge in [-0.1, -0.05) is 12.2 Å². The van der Waals surface area contributed by atoms with Crippen LogP contribution in [0.3, 0.4) is 0 Å². The summed E-state index contributed by atoms with van der Waals surface area (Å²) < 4.78 is 0. The van der Waals surface area contributed by atoms with Gasteiger partial charge in [0, 0.05) is 29.6 Å². The number of carbonyl (C=O) groups is 6. The van der Waals surface area contributed by atoms with Crippen LogP contribution in [0.1, 0.15) is 38.5 Å². The van der Waals surface area contributed by atoms with Crippen molar-refractivity contribution in [3.05, 3.63) is 25.3 Å². The largest absolute Gasteiger partial charge is 0.475 e. The molecule has 0 aromatic rings. The Morgan fingerprint density at radius 1 is 0.680 bits per heavy atom. The van der Waals surface area contributed by atoms with Crippen molar-refractivity contribution in [2.24, 2.45) is 0 Å². The molecule has 0 rings (SSSR count). The van der Waals surface area contributed by atoms with Crippen molar-refractivity contribution in [1.29, 1.82) is 0 Å². The third kappa shape index (κ3) is 17.8. The fraction of sp³-hybridized carbons (Fsp3) is 0.375. The summed E-state index contributed by atoms with van der Waals surface area (Å²) >= 11 is 0. The first-order chi connectivity index (χ1) is 11.1. The number of carbonyl (C=O) groups excluding carboxylic acids is 4. The maximum Gasteiger partial charge on any atom is 0.372 e. The quantitative estimate of drug-likeness (QED) is 0.282. The number of rotatable bonds is 12. The molecule has 0 aliphatic heterocycles. The molecule has 25 heavy (non-hydrogen) atoms. The van der Waals surface area contributed by atoms with E-state index in [9.17, 15) is 28.8 Å². The molecule has 8 nitrogen and oxygen atoms in total. The van der Waals surface area contributed by atoms with Gasteiger partial charge < -0.3 is 10.2 Å². The number of carboxylic acids is 2. The molecule has 9 heteroatoms. The number of ketones is 4. The number of hydrogen-bond acceptors (Lipinski definition) is 6. The van der Waals surface area contributed by atoms with E-state index >= 15 is 0 Å². The van der Waals surface area contributed by atoms with Gasteiger partial charge in [0.25, 0.3) is 0 Å². The van der Waals surface area contributed by atoms with Gasteiger partial charge in [-0.05, 0) is 12.8 Å². The Bertz CT molecular complexity index is 488. The fourth-order valence-corrected chi connectivity index (χ4v) is 1.21. The molecule has 0 aromatic carbocycles. The maximum absolute atomic E-state index is 10.8. The molecule has 0 aliphatic carbocycles. The van der Waals surface area contributed by atoms with Crippen LogP contribution in [0.25, 0.3) is 0 Å². The Hall–Kier alpha value is -2.39. The van der Waals surface area contributed by atoms with Crippen LogP contribution in [0.5, 0.6) is 0 Å². The number of aliphatic carboxylic acids is 2. The molecule has 0 unspecified atom stereocenters. The van der Waals surface area contributed by atoms with Crippen LogP contribution in [0.15, 0.2) is 25.3 Å². The molecule has 0 aliphatic rings. The van der Waals surface area contributed by atoms with Crippen LogP contribution in [0.2, 0.25) is 0 Å². The summed E-state index contributed by atoms with van der Waals surface area (Å²) in [7, 11) is 0. The maximum atomic E-state index is 10.8. The van der Waals surface area contributed by atoms with E-state index < -0.39 is 36.3 Å². The van der Waals surface area contributed by atoms with Crippen molar-refractivity contribution in [3.8, 4) is 0 Å². The minimum Gasteiger partial charge on any atom is -0.475 e. The summed E-state index contributed by atoms with van der Waals surface area (Å²) in [6.45, 7) is 6.79. The first-order valence-corrected chi connectivity index (χ1v) is 6.93. The van der Waals surface area contributed by atoms with E-state index in [0.717, 1.165) is 0 Å². The van der Waals surface area contributed by atoms with Crippen molar-refractivity contribution in [2.45, 2.75) is 38.5 Å². The van der Waals surface area contributed by atoms with E-state index in [2.05, 4.69) is 13.2 Å². The van der Waals surface area contributed by atoms with Crippen LogP contribution in [-0.4, -0.2) is 45.3 Å². The zero-order chi connectivity index (χ0) is 19.1. The van der Waals surface area contributed by atoms with E-state index in [4.69, 9.17) is 10.2 Å². The molecule has 0 bridgehead atoms. The minimum absolute atomic E-state index is 0. The van der Waals surface area contributed by atoms with Crippen molar-refractivity contribution in [2.75, 3.05) is 0 Å². The van der Waals surface area contributed by atoms with Gasteiger partial charge in [0.15, 0.2) is 0 Å². The van der Waals surface area contributed by atoms with Crippen molar-refractivity contribution in [1.82, 2.24) is 0 Å². The summed E-state index contributed by atoms with van der Waals surface area (Å²) in [6, 6.07) is 0. The van der Waals surface area contributed by atoms with Crippen LogP contribution >= 0.6 is 0 Å². The third-order valence-electron chi connectivity index (χ3n) is 2.45. The molecule has 0 saturated carbocycles. The van der Waals surface area contributed by atoms with Gasteiger partial charge in [-0.3, -0.25) is 19.2 Å². The number of Topliss-reactive ketones (excluding diaryl/α,β-unsaturated/α-hetero) is 4. The van der Waals surface area contributed by atoms with Crippen LogP contribution < -0.4 is 0 Å². The molecule has 0 saturated heterocycles. The van der Waals surface area contributed by atoms with Crippen molar-refractivity contribution < 1.29 is 55.8 Å². The number of allylic oxidation sites excluding steroid dienone is 2. The fourth-order valence-electron chi connectivity index (χ4n) is 1.21. The SMILES string of the molecule is C=CCCC(=O)CC(=O)C(=O)O.C=CCCC(=O)CC(=O)C(=O)O.[Co]. The zero-order valence-electron chi connectivity index (χ0n) is 13.5. The topological polar surface area (TPSA) is 143 Å².